The average Bonchev–Trinajstić information content (AvgIpc) is 2.99. The molecule has 4 heteroatoms. The van der Waals surface area contributed by atoms with Crippen LogP contribution in [0.25, 0.3) is 27.8 Å². The second kappa shape index (κ2) is 7.21. The molecule has 0 amide bonds. The monoisotopic (exact) mass is 324 g/mol. The summed E-state index contributed by atoms with van der Waals surface area (Å²) in [6.07, 6.45) is 5.50. The molecule has 124 valence electrons. The normalized spacial score (nSPS) is 11.4. The molecule has 0 atom stereocenters. The summed E-state index contributed by atoms with van der Waals surface area (Å²) in [6, 6.07) is 10.0. The standard InChI is InChI=1S/C20H20O4/c1-3-22-11-10-14-6-5-7-17-16(14)8-9-18-20(17)15(13-24-18)12-19(21)23-4-2/h5-11,13H,3-4,12H2,1-2H3/b11-10+. The maximum Gasteiger partial charge on any atom is 0.310 e. The molecule has 0 radical (unpaired) electrons. The number of benzene rings is 2. The van der Waals surface area contributed by atoms with E-state index in [9.17, 15) is 4.79 Å². The van der Waals surface area contributed by atoms with E-state index < -0.39 is 0 Å². The highest BCUT2D eigenvalue weighted by atomic mass is 16.5. The lowest BCUT2D eigenvalue weighted by Crippen LogP contribution is -2.07. The third kappa shape index (κ3) is 3.13. The smallest absolute Gasteiger partial charge is 0.310 e. The average molecular weight is 324 g/mol. The van der Waals surface area contributed by atoms with Gasteiger partial charge >= 0.3 is 5.97 Å². The first-order chi connectivity index (χ1) is 11.7. The minimum atomic E-state index is -0.246. The van der Waals surface area contributed by atoms with Gasteiger partial charge in [-0.3, -0.25) is 4.79 Å². The largest absolute Gasteiger partial charge is 0.501 e. The second-order valence-corrected chi connectivity index (χ2v) is 5.38. The van der Waals surface area contributed by atoms with Crippen molar-refractivity contribution in [1.82, 2.24) is 0 Å². The van der Waals surface area contributed by atoms with Gasteiger partial charge in [0.25, 0.3) is 0 Å². The number of fused-ring (bicyclic) bond motifs is 3. The summed E-state index contributed by atoms with van der Waals surface area (Å²) in [5, 5.41) is 3.11. The lowest BCUT2D eigenvalue weighted by molar-refractivity contribution is -0.142. The SMILES string of the molecule is CCO/C=C/c1cccc2c1ccc1occ(CC(=O)OCC)c12. The third-order valence-electron chi connectivity index (χ3n) is 3.86. The highest BCUT2D eigenvalue weighted by Crippen LogP contribution is 2.32. The number of rotatable bonds is 6. The highest BCUT2D eigenvalue weighted by molar-refractivity contribution is 6.10. The van der Waals surface area contributed by atoms with Crippen LogP contribution >= 0.6 is 0 Å². The molecule has 0 aliphatic carbocycles. The summed E-state index contributed by atoms with van der Waals surface area (Å²) in [5.41, 5.74) is 2.68. The van der Waals surface area contributed by atoms with Crippen molar-refractivity contribution in [2.24, 2.45) is 0 Å². The Bertz CT molecular complexity index is 889. The first-order valence-electron chi connectivity index (χ1n) is 8.10. The molecule has 4 nitrogen and oxygen atoms in total. The summed E-state index contributed by atoms with van der Waals surface area (Å²) < 4.78 is 16.0. The molecule has 1 aromatic heterocycles. The van der Waals surface area contributed by atoms with E-state index in [1.165, 1.54) is 0 Å². The van der Waals surface area contributed by atoms with Gasteiger partial charge in [0.1, 0.15) is 5.58 Å². The predicted octanol–water partition coefficient (Wildman–Crippen LogP) is 4.70. The molecule has 0 aliphatic rings. The number of hydrogen-bond donors (Lipinski definition) is 0. The van der Waals surface area contributed by atoms with Crippen molar-refractivity contribution in [2.45, 2.75) is 20.3 Å². The number of hydrogen-bond acceptors (Lipinski definition) is 4. The Morgan fingerprint density at radius 3 is 2.79 bits per heavy atom. The minimum Gasteiger partial charge on any atom is -0.501 e. The Morgan fingerprint density at radius 1 is 1.12 bits per heavy atom. The van der Waals surface area contributed by atoms with Crippen LogP contribution in [0, 0.1) is 0 Å². The van der Waals surface area contributed by atoms with Crippen LogP contribution in [0.3, 0.4) is 0 Å². The minimum absolute atomic E-state index is 0.207. The molecule has 0 saturated carbocycles. The highest BCUT2D eigenvalue weighted by Gasteiger charge is 2.14. The maximum atomic E-state index is 11.8. The van der Waals surface area contributed by atoms with Crippen molar-refractivity contribution in [3.05, 3.63) is 54.0 Å². The number of carbonyl (C=O) groups is 1. The van der Waals surface area contributed by atoms with Crippen LogP contribution in [0.15, 0.2) is 47.3 Å². The molecular formula is C20H20O4. The Kier molecular flexibility index (Phi) is 4.85. The Balaban J connectivity index is 2.10. The summed E-state index contributed by atoms with van der Waals surface area (Å²) in [4.78, 5) is 11.8. The summed E-state index contributed by atoms with van der Waals surface area (Å²) in [6.45, 7) is 4.76. The van der Waals surface area contributed by atoms with Crippen molar-refractivity contribution < 1.29 is 18.7 Å². The van der Waals surface area contributed by atoms with Crippen molar-refractivity contribution in [1.29, 1.82) is 0 Å². The Hall–Kier alpha value is -2.75. The zero-order valence-electron chi connectivity index (χ0n) is 13.9. The van der Waals surface area contributed by atoms with Gasteiger partial charge in [-0.2, -0.15) is 0 Å². The van der Waals surface area contributed by atoms with Crippen LogP contribution in [-0.2, 0) is 20.7 Å². The molecule has 3 aromatic rings. The Morgan fingerprint density at radius 2 is 2.00 bits per heavy atom. The lowest BCUT2D eigenvalue weighted by atomic mass is 9.98. The topological polar surface area (TPSA) is 48.7 Å². The fourth-order valence-corrected chi connectivity index (χ4v) is 2.85. The zero-order valence-corrected chi connectivity index (χ0v) is 13.9. The summed E-state index contributed by atoms with van der Waals surface area (Å²) in [5.74, 6) is -0.246. The number of carbonyl (C=O) groups excluding carboxylic acids is 1. The quantitative estimate of drug-likeness (QED) is 0.487. The van der Waals surface area contributed by atoms with E-state index in [4.69, 9.17) is 13.9 Å². The molecule has 1 heterocycles. The van der Waals surface area contributed by atoms with Crippen LogP contribution in [-0.4, -0.2) is 19.2 Å². The molecular weight excluding hydrogens is 304 g/mol. The van der Waals surface area contributed by atoms with Crippen LogP contribution in [0.4, 0.5) is 0 Å². The molecule has 0 fully saturated rings. The van der Waals surface area contributed by atoms with Gasteiger partial charge in [0.2, 0.25) is 0 Å². The molecule has 2 aromatic carbocycles. The summed E-state index contributed by atoms with van der Waals surface area (Å²) >= 11 is 0. The fraction of sp³-hybridized carbons (Fsp3) is 0.250. The Labute approximate surface area is 140 Å². The van der Waals surface area contributed by atoms with Crippen LogP contribution in [0.5, 0.6) is 0 Å². The molecule has 3 rings (SSSR count). The van der Waals surface area contributed by atoms with Crippen molar-refractivity contribution in [2.75, 3.05) is 13.2 Å². The predicted molar refractivity (Wildman–Crippen MR) is 94.7 cm³/mol. The van der Waals surface area contributed by atoms with E-state index in [1.807, 2.05) is 43.3 Å². The van der Waals surface area contributed by atoms with Gasteiger partial charge in [-0.25, -0.2) is 0 Å². The van der Waals surface area contributed by atoms with Gasteiger partial charge in [0.05, 0.1) is 32.2 Å². The molecule has 0 bridgehead atoms. The van der Waals surface area contributed by atoms with Gasteiger partial charge in [0.15, 0.2) is 0 Å². The van der Waals surface area contributed by atoms with Crippen LogP contribution < -0.4 is 0 Å². The second-order valence-electron chi connectivity index (χ2n) is 5.38. The maximum absolute atomic E-state index is 11.8. The van der Waals surface area contributed by atoms with E-state index in [-0.39, 0.29) is 12.4 Å². The van der Waals surface area contributed by atoms with Gasteiger partial charge in [0, 0.05) is 10.9 Å². The van der Waals surface area contributed by atoms with Crippen molar-refractivity contribution >= 4 is 33.8 Å². The van der Waals surface area contributed by atoms with Gasteiger partial charge in [-0.1, -0.05) is 24.3 Å². The van der Waals surface area contributed by atoms with Gasteiger partial charge in [-0.15, -0.1) is 0 Å². The third-order valence-corrected chi connectivity index (χ3v) is 3.86. The molecule has 0 saturated heterocycles. The number of esters is 1. The van der Waals surface area contributed by atoms with Crippen LogP contribution in [0.1, 0.15) is 25.0 Å². The zero-order chi connectivity index (χ0) is 16.9. The van der Waals surface area contributed by atoms with Gasteiger partial charge < -0.3 is 13.9 Å². The van der Waals surface area contributed by atoms with Crippen molar-refractivity contribution in [3.8, 4) is 0 Å². The molecule has 0 unspecified atom stereocenters. The van der Waals surface area contributed by atoms with E-state index in [0.717, 1.165) is 32.9 Å². The first kappa shape index (κ1) is 16.1. The first-order valence-corrected chi connectivity index (χ1v) is 8.10. The molecule has 0 spiro atoms. The van der Waals surface area contributed by atoms with Gasteiger partial charge in [-0.05, 0) is 42.3 Å². The lowest BCUT2D eigenvalue weighted by Gasteiger charge is -2.06. The van der Waals surface area contributed by atoms with E-state index in [1.54, 1.807) is 19.4 Å². The summed E-state index contributed by atoms with van der Waals surface area (Å²) in [7, 11) is 0. The van der Waals surface area contributed by atoms with E-state index in [0.29, 0.717) is 13.2 Å². The van der Waals surface area contributed by atoms with Crippen molar-refractivity contribution in [3.63, 3.8) is 0 Å². The molecule has 0 aliphatic heterocycles. The van der Waals surface area contributed by atoms with E-state index >= 15 is 0 Å². The molecule has 0 N–H and O–H groups in total. The van der Waals surface area contributed by atoms with E-state index in [2.05, 4.69) is 0 Å². The number of furan rings is 1. The van der Waals surface area contributed by atoms with Crippen LogP contribution in [0.2, 0.25) is 0 Å². The molecule has 24 heavy (non-hydrogen) atoms. The fourth-order valence-electron chi connectivity index (χ4n) is 2.85. The number of ether oxygens (including phenoxy) is 2.